The fourth-order valence-electron chi connectivity index (χ4n) is 4.52. The van der Waals surface area contributed by atoms with Crippen molar-refractivity contribution in [2.24, 2.45) is 5.92 Å². The first-order valence-corrected chi connectivity index (χ1v) is 11.2. The lowest BCUT2D eigenvalue weighted by molar-refractivity contribution is -0.931. The van der Waals surface area contributed by atoms with Crippen molar-refractivity contribution in [1.82, 2.24) is 19.3 Å². The molecule has 0 bridgehead atoms. The number of hydrogen-bond donors (Lipinski definition) is 2. The summed E-state index contributed by atoms with van der Waals surface area (Å²) in [5.74, 6) is 1.60. The smallest absolute Gasteiger partial charge is 0.207 e. The highest BCUT2D eigenvalue weighted by atomic mass is 35.5. The molecule has 1 saturated heterocycles. The second-order valence-electron chi connectivity index (χ2n) is 8.28. The lowest BCUT2D eigenvalue weighted by Gasteiger charge is -2.27. The first-order chi connectivity index (χ1) is 14.6. The normalized spacial score (nSPS) is 19.4. The zero-order chi connectivity index (χ0) is 20.7. The molecule has 2 atom stereocenters. The number of nitrogens with one attached hydrogen (secondary N) is 2. The number of para-hydroxylation sites is 1. The van der Waals surface area contributed by atoms with Crippen molar-refractivity contribution >= 4 is 34.7 Å². The van der Waals surface area contributed by atoms with E-state index in [1.165, 1.54) is 24.3 Å². The molecule has 2 N–H and O–H groups in total. The van der Waals surface area contributed by atoms with Crippen LogP contribution in [0, 0.1) is 10.7 Å². The van der Waals surface area contributed by atoms with Crippen LogP contribution in [0.1, 0.15) is 19.8 Å². The Morgan fingerprint density at radius 1 is 1.20 bits per heavy atom. The van der Waals surface area contributed by atoms with E-state index in [1.54, 1.807) is 0 Å². The molecule has 1 aliphatic rings. The maximum atomic E-state index is 6.14. The minimum atomic E-state index is 0.707. The van der Waals surface area contributed by atoms with Gasteiger partial charge in [-0.15, -0.1) is 5.10 Å². The topological polar surface area (TPSA) is 43.0 Å². The molecule has 1 aliphatic heterocycles. The number of piperidine rings is 1. The Balaban J connectivity index is 1.64. The van der Waals surface area contributed by atoms with Crippen LogP contribution in [0.5, 0.6) is 0 Å². The lowest BCUT2D eigenvalue weighted by Crippen LogP contribution is -3.12. The fraction of sp³-hybridized carbons (Fsp3) is 0.304. The van der Waals surface area contributed by atoms with Gasteiger partial charge in [0.2, 0.25) is 4.77 Å². The molecule has 154 valence electrons. The molecule has 5 rings (SSSR count). The Morgan fingerprint density at radius 3 is 2.80 bits per heavy atom. The summed E-state index contributed by atoms with van der Waals surface area (Å²) in [4.78, 5) is 4.91. The van der Waals surface area contributed by atoms with E-state index in [9.17, 15) is 0 Å². The average Bonchev–Trinajstić information content (AvgIpc) is 3.30. The van der Waals surface area contributed by atoms with Crippen LogP contribution < -0.4 is 4.90 Å². The Labute approximate surface area is 185 Å². The number of benzene rings is 2. The number of halogens is 1. The Hall–Kier alpha value is -2.41. The van der Waals surface area contributed by atoms with Crippen molar-refractivity contribution in [2.75, 3.05) is 13.1 Å². The molecule has 0 spiro atoms. The van der Waals surface area contributed by atoms with Crippen LogP contribution in [0.2, 0.25) is 5.02 Å². The molecule has 4 aromatic rings. The summed E-state index contributed by atoms with van der Waals surface area (Å²) in [5, 5.41) is 6.87. The minimum absolute atomic E-state index is 0.707. The largest absolute Gasteiger partial charge is 0.360 e. The number of hydrogen-bond acceptors (Lipinski definition) is 2. The van der Waals surface area contributed by atoms with Crippen LogP contribution in [0.25, 0.3) is 28.0 Å². The van der Waals surface area contributed by atoms with Crippen molar-refractivity contribution in [3.05, 3.63) is 64.5 Å². The van der Waals surface area contributed by atoms with Crippen LogP contribution in [0.4, 0.5) is 0 Å². The Morgan fingerprint density at radius 2 is 2.00 bits per heavy atom. The van der Waals surface area contributed by atoms with Crippen molar-refractivity contribution in [3.63, 3.8) is 0 Å². The third kappa shape index (κ3) is 3.60. The van der Waals surface area contributed by atoms with Gasteiger partial charge in [-0.3, -0.25) is 4.57 Å². The van der Waals surface area contributed by atoms with Gasteiger partial charge >= 0.3 is 0 Å². The monoisotopic (exact) mass is 438 g/mol. The molecule has 1 unspecified atom stereocenters. The van der Waals surface area contributed by atoms with Gasteiger partial charge in [-0.05, 0) is 55.4 Å². The molecule has 7 heteroatoms. The average molecular weight is 439 g/mol. The third-order valence-electron chi connectivity index (χ3n) is 5.99. The van der Waals surface area contributed by atoms with E-state index in [2.05, 4.69) is 34.7 Å². The van der Waals surface area contributed by atoms with Gasteiger partial charge in [0.15, 0.2) is 12.5 Å². The SMILES string of the molecule is C[C@H]1CCC[NH+](Cn2nc(-c3c[nH]c4ccccc34)n(-c3ccc(Cl)cc3)c2=S)C1. The third-order valence-corrected chi connectivity index (χ3v) is 6.64. The van der Waals surface area contributed by atoms with E-state index < -0.39 is 0 Å². The summed E-state index contributed by atoms with van der Waals surface area (Å²) in [6.45, 7) is 5.46. The summed E-state index contributed by atoms with van der Waals surface area (Å²) >= 11 is 12.1. The molecular formula is C23H25ClN5S+. The zero-order valence-corrected chi connectivity index (χ0v) is 18.5. The number of nitrogens with zero attached hydrogens (tertiary/aromatic N) is 3. The van der Waals surface area contributed by atoms with Gasteiger partial charge in [0.25, 0.3) is 0 Å². The van der Waals surface area contributed by atoms with Crippen molar-refractivity contribution in [1.29, 1.82) is 0 Å². The second kappa shape index (κ2) is 8.02. The van der Waals surface area contributed by atoms with Crippen molar-refractivity contribution in [3.8, 4) is 17.1 Å². The van der Waals surface area contributed by atoms with E-state index >= 15 is 0 Å². The van der Waals surface area contributed by atoms with Crippen LogP contribution in [-0.4, -0.2) is 32.4 Å². The van der Waals surface area contributed by atoms with Crippen molar-refractivity contribution in [2.45, 2.75) is 26.4 Å². The molecule has 0 saturated carbocycles. The van der Waals surface area contributed by atoms with Crippen LogP contribution >= 0.6 is 23.8 Å². The molecule has 3 heterocycles. The molecule has 1 fully saturated rings. The molecule has 2 aromatic carbocycles. The van der Waals surface area contributed by atoms with Crippen LogP contribution in [0.3, 0.4) is 0 Å². The van der Waals surface area contributed by atoms with Gasteiger partial charge in [-0.2, -0.15) is 4.68 Å². The summed E-state index contributed by atoms with van der Waals surface area (Å²) in [6.07, 6.45) is 4.60. The summed E-state index contributed by atoms with van der Waals surface area (Å²) in [7, 11) is 0. The van der Waals surface area contributed by atoms with Crippen LogP contribution in [-0.2, 0) is 6.67 Å². The highest BCUT2D eigenvalue weighted by molar-refractivity contribution is 7.71. The molecule has 5 nitrogen and oxygen atoms in total. The number of likely N-dealkylation sites (tertiary alicyclic amines) is 1. The maximum Gasteiger partial charge on any atom is 0.207 e. The number of aromatic amines is 1. The fourth-order valence-corrected chi connectivity index (χ4v) is 4.94. The standard InChI is InChI=1S/C23H24ClN5S/c1-16-5-4-12-27(14-16)15-28-23(30)29(18-10-8-17(24)9-11-18)22(26-28)20-13-25-21-7-3-2-6-19(20)21/h2-3,6-11,13,16,25H,4-5,12,14-15H2,1H3/p+1/t16-/m0/s1. The predicted molar refractivity (Wildman–Crippen MR) is 124 cm³/mol. The van der Waals surface area contributed by atoms with E-state index in [0.29, 0.717) is 9.79 Å². The summed E-state index contributed by atoms with van der Waals surface area (Å²) in [5.41, 5.74) is 3.11. The molecular weight excluding hydrogens is 414 g/mol. The van der Waals surface area contributed by atoms with Crippen LogP contribution in [0.15, 0.2) is 54.7 Å². The first-order valence-electron chi connectivity index (χ1n) is 10.5. The Kier molecular flexibility index (Phi) is 5.23. The van der Waals surface area contributed by atoms with Gasteiger partial charge in [0.1, 0.15) is 0 Å². The highest BCUT2D eigenvalue weighted by Crippen LogP contribution is 2.30. The van der Waals surface area contributed by atoms with Gasteiger partial charge in [0, 0.05) is 33.6 Å². The number of H-pyrrole nitrogens is 1. The predicted octanol–water partition coefficient (Wildman–Crippen LogP) is 4.48. The molecule has 0 aliphatic carbocycles. The number of aromatic nitrogens is 4. The second-order valence-corrected chi connectivity index (χ2v) is 9.08. The first kappa shape index (κ1) is 19.5. The Bertz CT molecular complexity index is 1240. The number of rotatable bonds is 4. The lowest BCUT2D eigenvalue weighted by atomic mass is 10.0. The zero-order valence-electron chi connectivity index (χ0n) is 16.9. The van der Waals surface area contributed by atoms with E-state index in [1.807, 2.05) is 41.2 Å². The quantitative estimate of drug-likeness (QED) is 0.461. The van der Waals surface area contributed by atoms with Gasteiger partial charge in [-0.1, -0.05) is 36.7 Å². The van der Waals surface area contributed by atoms with E-state index in [-0.39, 0.29) is 0 Å². The minimum Gasteiger partial charge on any atom is -0.360 e. The maximum absolute atomic E-state index is 6.14. The molecule has 0 amide bonds. The number of fused-ring (bicyclic) bond motifs is 1. The van der Waals surface area contributed by atoms with Gasteiger partial charge in [0.05, 0.1) is 18.8 Å². The molecule has 2 aromatic heterocycles. The van der Waals surface area contributed by atoms with E-state index in [0.717, 1.165) is 47.1 Å². The number of quaternary nitrogens is 1. The molecule has 30 heavy (non-hydrogen) atoms. The van der Waals surface area contributed by atoms with Gasteiger partial charge < -0.3 is 9.88 Å². The highest BCUT2D eigenvalue weighted by Gasteiger charge is 2.23. The molecule has 0 radical (unpaired) electrons. The summed E-state index contributed by atoms with van der Waals surface area (Å²) in [6, 6.07) is 16.1. The van der Waals surface area contributed by atoms with E-state index in [4.69, 9.17) is 28.9 Å². The van der Waals surface area contributed by atoms with Gasteiger partial charge in [-0.25, -0.2) is 0 Å². The van der Waals surface area contributed by atoms with Crippen molar-refractivity contribution < 1.29 is 4.90 Å². The summed E-state index contributed by atoms with van der Waals surface area (Å²) < 4.78 is 4.77.